The Kier molecular flexibility index (Phi) is 9.19. The number of likely N-dealkylation sites (tertiary alicyclic amines) is 1. The molecule has 3 saturated heterocycles. The first kappa shape index (κ1) is 29.3. The molecule has 1 aromatic carbocycles. The maximum Gasteiger partial charge on any atom is 0.313 e. The van der Waals surface area contributed by atoms with Crippen LogP contribution in [-0.2, 0) is 23.9 Å². The van der Waals surface area contributed by atoms with Crippen molar-refractivity contribution in [3.05, 3.63) is 54.6 Å². The molecule has 212 valence electrons. The second kappa shape index (κ2) is 12.2. The summed E-state index contributed by atoms with van der Waals surface area (Å²) < 4.78 is 12.3. The van der Waals surface area contributed by atoms with Crippen LogP contribution in [-0.4, -0.2) is 71.3 Å². The fraction of sp³-hybridized carbons (Fsp3) is 0.567. The number of carbonyl (C=O) groups excluding carboxylic acids is 3. The zero-order chi connectivity index (χ0) is 28.2. The van der Waals surface area contributed by atoms with Crippen LogP contribution in [0.4, 0.5) is 5.69 Å². The van der Waals surface area contributed by atoms with E-state index in [0.29, 0.717) is 49.4 Å². The summed E-state index contributed by atoms with van der Waals surface area (Å²) >= 11 is 6.11. The number of carbonyl (C=O) groups is 3. The molecule has 39 heavy (non-hydrogen) atoms. The van der Waals surface area contributed by atoms with Gasteiger partial charge in [0.25, 0.3) is 5.91 Å². The van der Waals surface area contributed by atoms with Crippen LogP contribution in [0.3, 0.4) is 0 Å². The van der Waals surface area contributed by atoms with Crippen LogP contribution in [0.1, 0.15) is 51.9 Å². The number of unbranched alkanes of at least 4 members (excludes halogenated alkanes) is 3. The number of ether oxygens (including phenoxy) is 2. The number of fused-ring (bicyclic) bond motifs is 1. The number of amides is 2. The second-order valence-electron chi connectivity index (χ2n) is 10.6. The van der Waals surface area contributed by atoms with Gasteiger partial charge in [0.1, 0.15) is 24.2 Å². The third kappa shape index (κ3) is 5.14. The van der Waals surface area contributed by atoms with E-state index in [4.69, 9.17) is 26.2 Å². The Morgan fingerprint density at radius 2 is 1.90 bits per heavy atom. The first-order valence-electron chi connectivity index (χ1n) is 13.9. The molecule has 1 N–H and O–H groups in total. The molecule has 2 unspecified atom stereocenters. The number of aliphatic hydroxyl groups is 1. The molecule has 3 heterocycles. The van der Waals surface area contributed by atoms with Crippen molar-refractivity contribution >= 4 is 35.1 Å². The Hall–Kier alpha value is -2.68. The van der Waals surface area contributed by atoms with Crippen LogP contribution in [0.15, 0.2) is 49.6 Å². The zero-order valence-corrected chi connectivity index (χ0v) is 23.4. The molecule has 9 heteroatoms. The Morgan fingerprint density at radius 3 is 2.54 bits per heavy atom. The number of aliphatic hydroxyl groups excluding tert-OH is 1. The summed E-state index contributed by atoms with van der Waals surface area (Å²) in [6.07, 6.45) is 7.74. The van der Waals surface area contributed by atoms with Crippen molar-refractivity contribution in [1.29, 1.82) is 0 Å². The molecule has 2 amide bonds. The summed E-state index contributed by atoms with van der Waals surface area (Å²) in [6.45, 7) is 10.2. The first-order chi connectivity index (χ1) is 18.8. The van der Waals surface area contributed by atoms with Crippen molar-refractivity contribution in [2.24, 2.45) is 11.8 Å². The van der Waals surface area contributed by atoms with Gasteiger partial charge in [-0.3, -0.25) is 14.4 Å². The molecule has 0 aliphatic carbocycles. The molecule has 3 aliphatic rings. The van der Waals surface area contributed by atoms with Crippen LogP contribution in [0.5, 0.6) is 0 Å². The minimum Gasteiger partial charge on any atom is -0.461 e. The SMILES string of the molecule is C=CCOC(=O)[C@H]1[C@H]2C(=O)N(CCCCCCO)C(C(=O)N(CC=C)c3ccc(Cl)cc3)C23CC[C@]1(CC)O3. The molecule has 0 aromatic heterocycles. The standard InChI is InChI=1S/C30H39ClN2O6/c1-4-17-32(22-13-11-21(31)12-14-22)27(36)25-30-16-15-29(6-3,39-30)24(28(37)38-20-5-2)23(30)26(35)33(25)18-9-7-8-10-19-34/h4-5,11-14,23-25,34H,1-2,6-10,15-20H2,3H3/t23-,24+,25?,29-,30?/m0/s1. The first-order valence-corrected chi connectivity index (χ1v) is 14.2. The lowest BCUT2D eigenvalue weighted by molar-refractivity contribution is -0.159. The minimum absolute atomic E-state index is 0.0453. The minimum atomic E-state index is -1.13. The van der Waals surface area contributed by atoms with E-state index < -0.39 is 35.0 Å². The number of benzene rings is 1. The van der Waals surface area contributed by atoms with Crippen LogP contribution in [0.25, 0.3) is 0 Å². The summed E-state index contributed by atoms with van der Waals surface area (Å²) in [5.41, 5.74) is -1.34. The Labute approximate surface area is 235 Å². The Bertz CT molecular complexity index is 1090. The quantitative estimate of drug-likeness (QED) is 0.208. The van der Waals surface area contributed by atoms with Gasteiger partial charge in [0.2, 0.25) is 5.91 Å². The van der Waals surface area contributed by atoms with Gasteiger partial charge < -0.3 is 24.4 Å². The van der Waals surface area contributed by atoms with E-state index in [1.807, 2.05) is 6.92 Å². The van der Waals surface area contributed by atoms with Crippen molar-refractivity contribution in [2.45, 2.75) is 69.1 Å². The second-order valence-corrected chi connectivity index (χ2v) is 11.1. The third-order valence-corrected chi connectivity index (χ3v) is 8.79. The monoisotopic (exact) mass is 558 g/mol. The molecule has 1 aromatic rings. The average molecular weight is 559 g/mol. The van der Waals surface area contributed by atoms with Crippen molar-refractivity contribution < 1.29 is 29.0 Å². The van der Waals surface area contributed by atoms with E-state index >= 15 is 0 Å². The lowest BCUT2D eigenvalue weighted by atomic mass is 9.65. The van der Waals surface area contributed by atoms with Gasteiger partial charge in [0.05, 0.1) is 11.5 Å². The van der Waals surface area contributed by atoms with E-state index in [0.717, 1.165) is 12.8 Å². The van der Waals surface area contributed by atoms with Crippen LogP contribution < -0.4 is 4.90 Å². The normalized spacial score (nSPS) is 28.8. The van der Waals surface area contributed by atoms with Gasteiger partial charge in [-0.1, -0.05) is 50.1 Å². The third-order valence-electron chi connectivity index (χ3n) is 8.54. The van der Waals surface area contributed by atoms with Crippen molar-refractivity contribution in [3.8, 4) is 0 Å². The molecule has 4 rings (SSSR count). The number of anilines is 1. The molecule has 1 spiro atoms. The maximum absolute atomic E-state index is 14.5. The lowest BCUT2D eigenvalue weighted by Gasteiger charge is -2.37. The van der Waals surface area contributed by atoms with Crippen LogP contribution >= 0.6 is 11.6 Å². The number of hydrogen-bond donors (Lipinski definition) is 1. The fourth-order valence-electron chi connectivity index (χ4n) is 6.80. The van der Waals surface area contributed by atoms with E-state index in [1.165, 1.54) is 6.08 Å². The molecule has 3 fully saturated rings. The highest BCUT2D eigenvalue weighted by Gasteiger charge is 2.79. The smallest absolute Gasteiger partial charge is 0.313 e. The number of rotatable bonds is 14. The van der Waals surface area contributed by atoms with Crippen LogP contribution in [0, 0.1) is 11.8 Å². The fourth-order valence-corrected chi connectivity index (χ4v) is 6.92. The molecular weight excluding hydrogens is 520 g/mol. The molecule has 0 radical (unpaired) electrons. The highest BCUT2D eigenvalue weighted by molar-refractivity contribution is 6.30. The van der Waals surface area contributed by atoms with Gasteiger partial charge in [0.15, 0.2) is 0 Å². The lowest BCUT2D eigenvalue weighted by Crippen LogP contribution is -2.56. The van der Waals surface area contributed by atoms with Crippen molar-refractivity contribution in [2.75, 3.05) is 31.2 Å². The largest absolute Gasteiger partial charge is 0.461 e. The van der Waals surface area contributed by atoms with Gasteiger partial charge in [-0.25, -0.2) is 0 Å². The van der Waals surface area contributed by atoms with E-state index in [1.54, 1.807) is 40.1 Å². The van der Waals surface area contributed by atoms with E-state index in [2.05, 4.69) is 13.2 Å². The number of hydrogen-bond acceptors (Lipinski definition) is 6. The van der Waals surface area contributed by atoms with Crippen molar-refractivity contribution in [1.82, 2.24) is 4.90 Å². The van der Waals surface area contributed by atoms with E-state index in [9.17, 15) is 14.4 Å². The number of nitrogens with zero attached hydrogens (tertiary/aromatic N) is 2. The van der Waals surface area contributed by atoms with Gasteiger partial charge in [-0.05, 0) is 56.4 Å². The highest BCUT2D eigenvalue weighted by Crippen LogP contribution is 2.64. The molecule has 5 atom stereocenters. The Morgan fingerprint density at radius 1 is 1.18 bits per heavy atom. The summed E-state index contributed by atoms with van der Waals surface area (Å²) in [5, 5.41) is 9.69. The summed E-state index contributed by atoms with van der Waals surface area (Å²) in [6, 6.07) is 6.08. The number of esters is 1. The highest BCUT2D eigenvalue weighted by atomic mass is 35.5. The van der Waals surface area contributed by atoms with Gasteiger partial charge in [-0.2, -0.15) is 0 Å². The van der Waals surface area contributed by atoms with E-state index in [-0.39, 0.29) is 31.6 Å². The summed E-state index contributed by atoms with van der Waals surface area (Å²) in [4.78, 5) is 45.3. The number of halogens is 1. The maximum atomic E-state index is 14.5. The molecule has 8 nitrogen and oxygen atoms in total. The van der Waals surface area contributed by atoms with Gasteiger partial charge in [0, 0.05) is 30.4 Å². The molecule has 3 aliphatic heterocycles. The van der Waals surface area contributed by atoms with Crippen molar-refractivity contribution in [3.63, 3.8) is 0 Å². The zero-order valence-electron chi connectivity index (χ0n) is 22.6. The predicted octanol–water partition coefficient (Wildman–Crippen LogP) is 4.30. The predicted molar refractivity (Wildman–Crippen MR) is 149 cm³/mol. The van der Waals surface area contributed by atoms with Gasteiger partial charge >= 0.3 is 5.97 Å². The summed E-state index contributed by atoms with van der Waals surface area (Å²) in [5.74, 6) is -2.57. The summed E-state index contributed by atoms with van der Waals surface area (Å²) in [7, 11) is 0. The molecular formula is C30H39ClN2O6. The van der Waals surface area contributed by atoms with Gasteiger partial charge in [-0.15, -0.1) is 6.58 Å². The average Bonchev–Trinajstić information content (AvgIpc) is 3.54. The van der Waals surface area contributed by atoms with Crippen LogP contribution in [0.2, 0.25) is 5.02 Å². The molecule has 0 saturated carbocycles. The topological polar surface area (TPSA) is 96.4 Å². The molecule has 2 bridgehead atoms. The Balaban J connectivity index is 1.74.